The molecular weight excluding hydrogens is 401 g/mol. The summed E-state index contributed by atoms with van der Waals surface area (Å²) in [6.45, 7) is 0. The Balaban J connectivity index is 1.77. The van der Waals surface area contributed by atoms with E-state index in [1.165, 1.54) is 36.0 Å². The minimum Gasteiger partial charge on any atom is -0.468 e. The number of rotatable bonds is 5. The van der Waals surface area contributed by atoms with Crippen molar-refractivity contribution in [2.24, 2.45) is 0 Å². The molecule has 2 heterocycles. The average Bonchev–Trinajstić information content (AvgIpc) is 3.28. The topological polar surface area (TPSA) is 50.5 Å². The predicted octanol–water partition coefficient (Wildman–Crippen LogP) is 5.29. The van der Waals surface area contributed by atoms with E-state index in [0.29, 0.717) is 27.8 Å². The molecule has 3 aromatic rings. The minimum absolute atomic E-state index is 0.224. The van der Waals surface area contributed by atoms with Crippen LogP contribution < -0.4 is 4.90 Å². The highest BCUT2D eigenvalue weighted by Crippen LogP contribution is 2.41. The standard InChI is InChI=1S/C21H13ClFNO3S/c22-16-5-1-2-6-17(16)24-20(25)18(13-7-9-14(23)10-8-13)19(21(24)26)28-12-15-4-3-11-27-15/h1-11H,12H2. The fraction of sp³-hybridized carbons (Fsp3) is 0.0476. The zero-order valence-electron chi connectivity index (χ0n) is 14.4. The average molecular weight is 414 g/mol. The molecule has 0 N–H and O–H groups in total. The molecular formula is C21H13ClFNO3S. The molecule has 140 valence electrons. The summed E-state index contributed by atoms with van der Waals surface area (Å²) < 4.78 is 18.7. The SMILES string of the molecule is O=C1C(SCc2ccco2)=C(c2ccc(F)cc2)C(=O)N1c1ccccc1Cl. The largest absolute Gasteiger partial charge is 0.468 e. The third-order valence-electron chi connectivity index (χ3n) is 4.21. The van der Waals surface area contributed by atoms with Gasteiger partial charge in [-0.3, -0.25) is 9.59 Å². The van der Waals surface area contributed by atoms with Gasteiger partial charge in [0, 0.05) is 0 Å². The van der Waals surface area contributed by atoms with Crippen molar-refractivity contribution < 1.29 is 18.4 Å². The van der Waals surface area contributed by atoms with Gasteiger partial charge >= 0.3 is 0 Å². The van der Waals surface area contributed by atoms with Gasteiger partial charge < -0.3 is 4.42 Å². The first-order chi connectivity index (χ1) is 13.6. The lowest BCUT2D eigenvalue weighted by Crippen LogP contribution is -2.31. The van der Waals surface area contributed by atoms with Crippen molar-refractivity contribution >= 4 is 46.4 Å². The fourth-order valence-electron chi connectivity index (χ4n) is 2.90. The zero-order valence-corrected chi connectivity index (χ0v) is 16.0. The number of hydrogen-bond donors (Lipinski definition) is 0. The van der Waals surface area contributed by atoms with E-state index in [-0.39, 0.29) is 10.5 Å². The molecule has 0 saturated heterocycles. The van der Waals surface area contributed by atoms with E-state index in [2.05, 4.69) is 0 Å². The molecule has 1 aliphatic rings. The number of anilines is 1. The van der Waals surface area contributed by atoms with Crippen LogP contribution in [-0.2, 0) is 15.3 Å². The molecule has 2 aromatic carbocycles. The van der Waals surface area contributed by atoms with Gasteiger partial charge in [0.1, 0.15) is 11.6 Å². The van der Waals surface area contributed by atoms with Gasteiger partial charge in [0.2, 0.25) is 0 Å². The molecule has 0 saturated carbocycles. The number of imide groups is 1. The van der Waals surface area contributed by atoms with Crippen molar-refractivity contribution in [1.82, 2.24) is 0 Å². The van der Waals surface area contributed by atoms with Crippen molar-refractivity contribution in [1.29, 1.82) is 0 Å². The van der Waals surface area contributed by atoms with E-state index in [1.807, 2.05) is 0 Å². The van der Waals surface area contributed by atoms with Crippen LogP contribution in [0.3, 0.4) is 0 Å². The van der Waals surface area contributed by atoms with Gasteiger partial charge in [0.15, 0.2) is 0 Å². The monoisotopic (exact) mass is 413 g/mol. The van der Waals surface area contributed by atoms with Gasteiger partial charge in [-0.2, -0.15) is 0 Å². The highest BCUT2D eigenvalue weighted by atomic mass is 35.5. The normalized spacial score (nSPS) is 14.3. The number of halogens is 2. The van der Waals surface area contributed by atoms with Crippen LogP contribution in [0.2, 0.25) is 5.02 Å². The van der Waals surface area contributed by atoms with Crippen LogP contribution in [0, 0.1) is 5.82 Å². The molecule has 1 aromatic heterocycles. The number of hydrogen-bond acceptors (Lipinski definition) is 4. The van der Waals surface area contributed by atoms with E-state index >= 15 is 0 Å². The molecule has 7 heteroatoms. The lowest BCUT2D eigenvalue weighted by Gasteiger charge is -2.16. The Bertz CT molecular complexity index is 1080. The van der Waals surface area contributed by atoms with E-state index in [0.717, 1.165) is 4.90 Å². The Labute approximate surface area is 169 Å². The Kier molecular flexibility index (Phi) is 5.07. The molecule has 0 radical (unpaired) electrons. The van der Waals surface area contributed by atoms with Crippen LogP contribution in [0.1, 0.15) is 11.3 Å². The second-order valence-electron chi connectivity index (χ2n) is 5.98. The number of nitrogens with zero attached hydrogens (tertiary/aromatic N) is 1. The van der Waals surface area contributed by atoms with Crippen LogP contribution in [0.15, 0.2) is 76.2 Å². The lowest BCUT2D eigenvalue weighted by atomic mass is 10.1. The van der Waals surface area contributed by atoms with E-state index in [9.17, 15) is 14.0 Å². The number of carbonyl (C=O) groups is 2. The summed E-state index contributed by atoms with van der Waals surface area (Å²) in [5.74, 6) is -0.329. The summed E-state index contributed by atoms with van der Waals surface area (Å²) in [5.41, 5.74) is 1.00. The highest BCUT2D eigenvalue weighted by Gasteiger charge is 2.41. The smallest absolute Gasteiger partial charge is 0.272 e. The summed E-state index contributed by atoms with van der Waals surface area (Å²) in [7, 11) is 0. The van der Waals surface area contributed by atoms with Crippen LogP contribution >= 0.6 is 23.4 Å². The first-order valence-corrected chi connectivity index (χ1v) is 9.71. The number of benzene rings is 2. The third-order valence-corrected chi connectivity index (χ3v) is 5.62. The number of furan rings is 1. The van der Waals surface area contributed by atoms with Crippen molar-refractivity contribution in [2.75, 3.05) is 4.90 Å². The number of amides is 2. The van der Waals surface area contributed by atoms with Crippen molar-refractivity contribution in [2.45, 2.75) is 5.75 Å². The molecule has 4 rings (SSSR count). The summed E-state index contributed by atoms with van der Waals surface area (Å²) >= 11 is 7.42. The summed E-state index contributed by atoms with van der Waals surface area (Å²) in [6, 6.07) is 15.7. The Hall–Kier alpha value is -2.83. The molecule has 2 amide bonds. The highest BCUT2D eigenvalue weighted by molar-refractivity contribution is 8.03. The van der Waals surface area contributed by atoms with Crippen LogP contribution in [0.4, 0.5) is 10.1 Å². The van der Waals surface area contributed by atoms with Crippen LogP contribution in [0.25, 0.3) is 5.57 Å². The van der Waals surface area contributed by atoms with Gasteiger partial charge in [-0.1, -0.05) is 35.9 Å². The Morgan fingerprint density at radius 2 is 1.71 bits per heavy atom. The molecule has 0 atom stereocenters. The third kappa shape index (κ3) is 3.37. The van der Waals surface area contributed by atoms with Gasteiger partial charge in [-0.15, -0.1) is 11.8 Å². The van der Waals surface area contributed by atoms with Gasteiger partial charge in [-0.25, -0.2) is 9.29 Å². The quantitative estimate of drug-likeness (QED) is 0.533. The minimum atomic E-state index is -0.494. The van der Waals surface area contributed by atoms with Crippen LogP contribution in [-0.4, -0.2) is 11.8 Å². The van der Waals surface area contributed by atoms with Crippen LogP contribution in [0.5, 0.6) is 0 Å². The molecule has 0 fully saturated rings. The fourth-order valence-corrected chi connectivity index (χ4v) is 4.14. The lowest BCUT2D eigenvalue weighted by molar-refractivity contribution is -0.119. The first kappa shape index (κ1) is 18.5. The number of para-hydroxylation sites is 1. The molecule has 1 aliphatic heterocycles. The van der Waals surface area contributed by atoms with Crippen molar-refractivity contribution in [3.8, 4) is 0 Å². The molecule has 28 heavy (non-hydrogen) atoms. The van der Waals surface area contributed by atoms with Gasteiger partial charge in [0.25, 0.3) is 11.8 Å². The molecule has 0 aliphatic carbocycles. The van der Waals surface area contributed by atoms with Crippen molar-refractivity contribution in [3.63, 3.8) is 0 Å². The second kappa shape index (κ2) is 7.66. The maximum absolute atomic E-state index is 13.4. The molecule has 4 nitrogen and oxygen atoms in total. The first-order valence-electron chi connectivity index (χ1n) is 8.35. The van der Waals surface area contributed by atoms with E-state index < -0.39 is 17.6 Å². The summed E-state index contributed by atoms with van der Waals surface area (Å²) in [4.78, 5) is 27.7. The van der Waals surface area contributed by atoms with Crippen molar-refractivity contribution in [3.05, 3.63) is 94.0 Å². The molecule has 0 spiro atoms. The van der Waals surface area contributed by atoms with Gasteiger partial charge in [0.05, 0.1) is 33.2 Å². The maximum atomic E-state index is 13.4. The van der Waals surface area contributed by atoms with E-state index in [1.54, 1.807) is 42.7 Å². The number of thioether (sulfide) groups is 1. The Morgan fingerprint density at radius 3 is 2.39 bits per heavy atom. The second-order valence-corrected chi connectivity index (χ2v) is 7.37. The van der Waals surface area contributed by atoms with E-state index in [4.69, 9.17) is 16.0 Å². The molecule has 0 bridgehead atoms. The maximum Gasteiger partial charge on any atom is 0.272 e. The summed E-state index contributed by atoms with van der Waals surface area (Å²) in [5, 5.41) is 0.292. The zero-order chi connectivity index (χ0) is 19.7. The van der Waals surface area contributed by atoms with Gasteiger partial charge in [-0.05, 0) is 42.0 Å². The summed E-state index contributed by atoms with van der Waals surface area (Å²) in [6.07, 6.45) is 1.54. The molecule has 0 unspecified atom stereocenters. The Morgan fingerprint density at radius 1 is 0.964 bits per heavy atom. The predicted molar refractivity (Wildman–Crippen MR) is 107 cm³/mol. The number of carbonyl (C=O) groups excluding carboxylic acids is 2.